The van der Waals surface area contributed by atoms with Crippen LogP contribution in [0.25, 0.3) is 0 Å². The summed E-state index contributed by atoms with van der Waals surface area (Å²) in [5, 5.41) is 21.5. The molecule has 0 bridgehead atoms. The molecule has 2 N–H and O–H groups in total. The van der Waals surface area contributed by atoms with Crippen molar-refractivity contribution < 1.29 is 19.6 Å². The first-order valence-electron chi connectivity index (χ1n) is 4.70. The lowest BCUT2D eigenvalue weighted by Gasteiger charge is -2.13. The number of carboxylic acid groups (broad SMARTS) is 1. The molecule has 90 valence electrons. The van der Waals surface area contributed by atoms with Crippen molar-refractivity contribution in [2.75, 3.05) is 0 Å². The van der Waals surface area contributed by atoms with Crippen molar-refractivity contribution in [3.63, 3.8) is 0 Å². The van der Waals surface area contributed by atoms with Gasteiger partial charge in [0.15, 0.2) is 0 Å². The molecule has 1 amide bonds. The van der Waals surface area contributed by atoms with Crippen molar-refractivity contribution in [3.05, 3.63) is 39.9 Å². The first-order valence-corrected chi connectivity index (χ1v) is 4.70. The SMILES string of the molecule is O=CNC(CC(=O)O)c1cccc([N+](=O)[O-])c1. The van der Waals surface area contributed by atoms with Gasteiger partial charge in [0.05, 0.1) is 17.4 Å². The number of rotatable bonds is 6. The van der Waals surface area contributed by atoms with Gasteiger partial charge >= 0.3 is 5.97 Å². The third-order valence-electron chi connectivity index (χ3n) is 2.13. The van der Waals surface area contributed by atoms with E-state index in [1.807, 2.05) is 0 Å². The highest BCUT2D eigenvalue weighted by atomic mass is 16.6. The summed E-state index contributed by atoms with van der Waals surface area (Å²) in [4.78, 5) is 30.9. The lowest BCUT2D eigenvalue weighted by Crippen LogP contribution is -2.22. The molecule has 0 spiro atoms. The maximum atomic E-state index is 10.6. The van der Waals surface area contributed by atoms with Gasteiger partial charge in [0.2, 0.25) is 6.41 Å². The Morgan fingerprint density at radius 2 is 2.29 bits per heavy atom. The number of carboxylic acids is 1. The van der Waals surface area contributed by atoms with Crippen molar-refractivity contribution >= 4 is 18.1 Å². The van der Waals surface area contributed by atoms with Crippen molar-refractivity contribution in [1.82, 2.24) is 5.32 Å². The predicted octanol–water partition coefficient (Wildman–Crippen LogP) is 0.857. The Bertz CT molecular complexity index is 446. The third kappa shape index (κ3) is 3.56. The van der Waals surface area contributed by atoms with E-state index in [4.69, 9.17) is 5.11 Å². The molecule has 0 saturated heterocycles. The number of amides is 1. The highest BCUT2D eigenvalue weighted by molar-refractivity contribution is 5.68. The zero-order chi connectivity index (χ0) is 12.8. The number of nitro groups is 1. The van der Waals surface area contributed by atoms with E-state index in [2.05, 4.69) is 5.32 Å². The van der Waals surface area contributed by atoms with E-state index < -0.39 is 16.9 Å². The number of hydrogen-bond donors (Lipinski definition) is 2. The van der Waals surface area contributed by atoms with Crippen LogP contribution in [0.15, 0.2) is 24.3 Å². The monoisotopic (exact) mass is 238 g/mol. The highest BCUT2D eigenvalue weighted by Gasteiger charge is 2.17. The van der Waals surface area contributed by atoms with Crippen LogP contribution in [0.5, 0.6) is 0 Å². The minimum atomic E-state index is -1.10. The standard InChI is InChI=1S/C10H10N2O5/c13-6-11-9(5-10(14)15)7-2-1-3-8(4-7)12(16)17/h1-4,6,9H,5H2,(H,11,13)(H,14,15). The van der Waals surface area contributed by atoms with Gasteiger partial charge in [0.1, 0.15) is 0 Å². The molecule has 0 aliphatic heterocycles. The number of aliphatic carboxylic acids is 1. The zero-order valence-corrected chi connectivity index (χ0v) is 8.70. The number of nitro benzene ring substituents is 1. The maximum Gasteiger partial charge on any atom is 0.305 e. The predicted molar refractivity (Wildman–Crippen MR) is 57.3 cm³/mol. The number of non-ortho nitro benzene ring substituents is 1. The molecule has 0 aliphatic rings. The lowest BCUT2D eigenvalue weighted by atomic mass is 10.0. The first kappa shape index (κ1) is 12.6. The second-order valence-corrected chi connectivity index (χ2v) is 3.29. The highest BCUT2D eigenvalue weighted by Crippen LogP contribution is 2.21. The van der Waals surface area contributed by atoms with E-state index in [1.165, 1.54) is 24.3 Å². The Morgan fingerprint density at radius 1 is 1.59 bits per heavy atom. The van der Waals surface area contributed by atoms with Crippen molar-refractivity contribution in [3.8, 4) is 0 Å². The van der Waals surface area contributed by atoms with Crippen molar-refractivity contribution in [2.45, 2.75) is 12.5 Å². The largest absolute Gasteiger partial charge is 0.481 e. The molecule has 1 atom stereocenters. The van der Waals surface area contributed by atoms with Gasteiger partial charge in [0.25, 0.3) is 5.69 Å². The van der Waals surface area contributed by atoms with Gasteiger partial charge in [-0.1, -0.05) is 12.1 Å². The number of carbonyl (C=O) groups excluding carboxylic acids is 1. The van der Waals surface area contributed by atoms with E-state index in [9.17, 15) is 19.7 Å². The summed E-state index contributed by atoms with van der Waals surface area (Å²) in [6.07, 6.45) is 0.0341. The Labute approximate surface area is 96.2 Å². The fourth-order valence-electron chi connectivity index (χ4n) is 1.38. The Morgan fingerprint density at radius 3 is 2.82 bits per heavy atom. The molecule has 1 unspecified atom stereocenters. The summed E-state index contributed by atoms with van der Waals surface area (Å²) >= 11 is 0. The van der Waals surface area contributed by atoms with Gasteiger partial charge in [0, 0.05) is 12.1 Å². The van der Waals surface area contributed by atoms with Gasteiger partial charge in [-0.25, -0.2) is 0 Å². The Balaban J connectivity index is 3.00. The van der Waals surface area contributed by atoms with Crippen LogP contribution in [0.1, 0.15) is 18.0 Å². The van der Waals surface area contributed by atoms with E-state index in [0.29, 0.717) is 12.0 Å². The van der Waals surface area contributed by atoms with Crippen LogP contribution in [0.2, 0.25) is 0 Å². The molecule has 0 saturated carbocycles. The molecule has 1 rings (SSSR count). The zero-order valence-electron chi connectivity index (χ0n) is 8.70. The van der Waals surface area contributed by atoms with Crippen LogP contribution >= 0.6 is 0 Å². The average Bonchev–Trinajstić information content (AvgIpc) is 2.28. The Kier molecular flexibility index (Phi) is 4.15. The average molecular weight is 238 g/mol. The minimum absolute atomic E-state index is 0.148. The van der Waals surface area contributed by atoms with Crippen LogP contribution in [0.4, 0.5) is 5.69 Å². The van der Waals surface area contributed by atoms with Gasteiger partial charge in [-0.15, -0.1) is 0 Å². The van der Waals surface area contributed by atoms with Crippen LogP contribution in [-0.2, 0) is 9.59 Å². The van der Waals surface area contributed by atoms with Crippen molar-refractivity contribution in [2.24, 2.45) is 0 Å². The summed E-state index contributed by atoms with van der Waals surface area (Å²) in [5.41, 5.74) is 0.235. The molecule has 0 radical (unpaired) electrons. The van der Waals surface area contributed by atoms with Gasteiger partial charge in [-0.05, 0) is 5.56 Å². The quantitative estimate of drug-likeness (QED) is 0.434. The number of hydrogen-bond acceptors (Lipinski definition) is 4. The second kappa shape index (κ2) is 5.59. The second-order valence-electron chi connectivity index (χ2n) is 3.29. The van der Waals surface area contributed by atoms with E-state index >= 15 is 0 Å². The summed E-state index contributed by atoms with van der Waals surface area (Å²) in [6, 6.07) is 4.73. The third-order valence-corrected chi connectivity index (χ3v) is 2.13. The molecule has 0 heterocycles. The first-order chi connectivity index (χ1) is 8.04. The van der Waals surface area contributed by atoms with E-state index in [-0.39, 0.29) is 12.1 Å². The smallest absolute Gasteiger partial charge is 0.305 e. The fraction of sp³-hybridized carbons (Fsp3) is 0.200. The Hall–Kier alpha value is -2.44. The molecule has 1 aromatic carbocycles. The van der Waals surface area contributed by atoms with Crippen molar-refractivity contribution in [1.29, 1.82) is 0 Å². The van der Waals surface area contributed by atoms with E-state index in [0.717, 1.165) is 0 Å². The molecule has 0 fully saturated rings. The molecule has 7 heteroatoms. The molecule has 7 nitrogen and oxygen atoms in total. The topological polar surface area (TPSA) is 110 Å². The van der Waals surface area contributed by atoms with E-state index in [1.54, 1.807) is 0 Å². The van der Waals surface area contributed by atoms with Gasteiger partial charge in [-0.3, -0.25) is 19.7 Å². The molecule has 1 aromatic rings. The number of nitrogens with zero attached hydrogens (tertiary/aromatic N) is 1. The molecule has 0 aromatic heterocycles. The minimum Gasteiger partial charge on any atom is -0.481 e. The molecule has 0 aliphatic carbocycles. The van der Waals surface area contributed by atoms with Gasteiger partial charge in [-0.2, -0.15) is 0 Å². The van der Waals surface area contributed by atoms with Crippen LogP contribution < -0.4 is 5.32 Å². The maximum absolute atomic E-state index is 10.6. The lowest BCUT2D eigenvalue weighted by molar-refractivity contribution is -0.384. The van der Waals surface area contributed by atoms with Crippen LogP contribution in [-0.4, -0.2) is 22.4 Å². The molecule has 17 heavy (non-hydrogen) atoms. The number of nitrogens with one attached hydrogen (secondary N) is 1. The van der Waals surface area contributed by atoms with Crippen LogP contribution in [0, 0.1) is 10.1 Å². The molecular weight excluding hydrogens is 228 g/mol. The summed E-state index contributed by atoms with van der Waals surface area (Å²) < 4.78 is 0. The summed E-state index contributed by atoms with van der Waals surface area (Å²) in [6.45, 7) is 0. The number of carbonyl (C=O) groups is 2. The fourth-order valence-corrected chi connectivity index (χ4v) is 1.38. The van der Waals surface area contributed by atoms with Crippen LogP contribution in [0.3, 0.4) is 0 Å². The summed E-state index contributed by atoms with van der Waals surface area (Å²) in [7, 11) is 0. The number of benzene rings is 1. The molecular formula is C10H10N2O5. The van der Waals surface area contributed by atoms with Gasteiger partial charge < -0.3 is 10.4 Å². The normalized spacial score (nSPS) is 11.5. The summed E-state index contributed by atoms with van der Waals surface area (Å²) in [5.74, 6) is -1.10.